The van der Waals surface area contributed by atoms with Crippen molar-refractivity contribution in [3.05, 3.63) is 114 Å². The van der Waals surface area contributed by atoms with E-state index < -0.39 is 35.6 Å². The highest BCUT2D eigenvalue weighted by Crippen LogP contribution is 2.58. The minimum Gasteiger partial charge on any atom is -0.481 e. The standard InChI is InChI=1S/C31H24O6/c32-30(33)28-26(19-8-3-1-4-9-19)29(27(28)20-10-5-2-6-11-20)31(34)37-23-13-7-12-21(16-23)22-14-15-24-25(17-22)36-18-35-24/h1-17,26-29H,18H2,(H,32,33)/t26-,27-,28?,29?/m0/s1. The molecule has 2 atom stereocenters. The van der Waals surface area contributed by atoms with E-state index in [1.54, 1.807) is 12.1 Å². The van der Waals surface area contributed by atoms with Crippen LogP contribution in [0.1, 0.15) is 23.0 Å². The Labute approximate surface area is 214 Å². The van der Waals surface area contributed by atoms with Crippen molar-refractivity contribution < 1.29 is 28.9 Å². The van der Waals surface area contributed by atoms with E-state index in [-0.39, 0.29) is 6.79 Å². The van der Waals surface area contributed by atoms with Gasteiger partial charge in [0.05, 0.1) is 11.8 Å². The van der Waals surface area contributed by atoms with E-state index in [0.717, 1.165) is 22.3 Å². The lowest BCUT2D eigenvalue weighted by atomic mass is 9.52. The van der Waals surface area contributed by atoms with E-state index in [1.807, 2.05) is 91.0 Å². The third kappa shape index (κ3) is 4.20. The number of carbonyl (C=O) groups is 2. The van der Waals surface area contributed by atoms with Gasteiger partial charge in [-0.3, -0.25) is 9.59 Å². The molecule has 1 saturated carbocycles. The normalized spacial score (nSPS) is 21.6. The van der Waals surface area contributed by atoms with Gasteiger partial charge >= 0.3 is 11.9 Å². The monoisotopic (exact) mass is 492 g/mol. The third-order valence-electron chi connectivity index (χ3n) is 7.23. The summed E-state index contributed by atoms with van der Waals surface area (Å²) < 4.78 is 16.8. The molecule has 6 heteroatoms. The molecular weight excluding hydrogens is 468 g/mol. The average molecular weight is 493 g/mol. The second kappa shape index (κ2) is 9.47. The van der Waals surface area contributed by atoms with Crippen LogP contribution in [-0.2, 0) is 9.59 Å². The Morgan fingerprint density at radius 1 is 0.676 bits per heavy atom. The minimum atomic E-state index is -0.920. The zero-order chi connectivity index (χ0) is 25.4. The largest absolute Gasteiger partial charge is 0.481 e. The quantitative estimate of drug-likeness (QED) is 0.267. The molecule has 0 saturated heterocycles. The Balaban J connectivity index is 1.32. The maximum absolute atomic E-state index is 13.7. The number of rotatable bonds is 6. The van der Waals surface area contributed by atoms with E-state index in [9.17, 15) is 14.7 Å². The molecule has 37 heavy (non-hydrogen) atoms. The van der Waals surface area contributed by atoms with Crippen molar-refractivity contribution in [1.82, 2.24) is 0 Å². The molecular formula is C31H24O6. The molecule has 4 aromatic rings. The second-order valence-corrected chi connectivity index (χ2v) is 9.28. The highest BCUT2D eigenvalue weighted by Gasteiger charge is 2.59. The first-order chi connectivity index (χ1) is 18.1. The van der Waals surface area contributed by atoms with Crippen LogP contribution in [0.4, 0.5) is 0 Å². The number of benzene rings is 4. The summed E-state index contributed by atoms with van der Waals surface area (Å²) in [6, 6.07) is 31.7. The number of hydrogen-bond acceptors (Lipinski definition) is 5. The Kier molecular flexibility index (Phi) is 5.85. The van der Waals surface area contributed by atoms with E-state index in [0.29, 0.717) is 17.2 Å². The minimum absolute atomic E-state index is 0.195. The SMILES string of the molecule is O=C(O)C1[C@H](c2ccccc2)C(C(=O)Oc2cccc(-c3ccc4c(c3)OCO4)c2)[C@H]1c1ccccc1. The smallest absolute Gasteiger partial charge is 0.315 e. The van der Waals surface area contributed by atoms with Crippen molar-refractivity contribution >= 4 is 11.9 Å². The summed E-state index contributed by atoms with van der Waals surface area (Å²) in [5, 5.41) is 10.1. The predicted molar refractivity (Wildman–Crippen MR) is 137 cm³/mol. The van der Waals surface area contributed by atoms with Gasteiger partial charge in [-0.25, -0.2) is 0 Å². The maximum atomic E-state index is 13.7. The molecule has 1 aliphatic carbocycles. The molecule has 4 aromatic carbocycles. The predicted octanol–water partition coefficient (Wildman–Crippen LogP) is 5.89. The van der Waals surface area contributed by atoms with Gasteiger partial charge in [0.1, 0.15) is 5.75 Å². The van der Waals surface area contributed by atoms with Gasteiger partial charge in [0, 0.05) is 11.8 Å². The Hall–Kier alpha value is -4.58. The van der Waals surface area contributed by atoms with Crippen LogP contribution in [0.25, 0.3) is 11.1 Å². The first-order valence-electron chi connectivity index (χ1n) is 12.1. The van der Waals surface area contributed by atoms with E-state index in [1.165, 1.54) is 0 Å². The lowest BCUT2D eigenvalue weighted by molar-refractivity contribution is -0.158. The summed E-state index contributed by atoms with van der Waals surface area (Å²) in [6.07, 6.45) is 0. The van der Waals surface area contributed by atoms with E-state index in [2.05, 4.69) is 0 Å². The number of esters is 1. The van der Waals surface area contributed by atoms with Crippen LogP contribution < -0.4 is 14.2 Å². The number of aliphatic carboxylic acids is 1. The molecule has 0 spiro atoms. The lowest BCUT2D eigenvalue weighted by Gasteiger charge is -2.48. The number of ether oxygens (including phenoxy) is 3. The van der Waals surface area contributed by atoms with Crippen molar-refractivity contribution in [3.8, 4) is 28.4 Å². The summed E-state index contributed by atoms with van der Waals surface area (Å²) >= 11 is 0. The van der Waals surface area contributed by atoms with Crippen LogP contribution in [0, 0.1) is 11.8 Å². The Morgan fingerprint density at radius 2 is 1.30 bits per heavy atom. The highest BCUT2D eigenvalue weighted by molar-refractivity contribution is 5.86. The Bertz CT molecular complexity index is 1400. The molecule has 0 radical (unpaired) electrons. The van der Waals surface area contributed by atoms with Gasteiger partial charge < -0.3 is 19.3 Å². The van der Waals surface area contributed by atoms with Crippen molar-refractivity contribution in [2.24, 2.45) is 11.8 Å². The summed E-state index contributed by atoms with van der Waals surface area (Å²) in [5.74, 6) is -1.95. The summed E-state index contributed by atoms with van der Waals surface area (Å²) in [6.45, 7) is 0.195. The van der Waals surface area contributed by atoms with Crippen LogP contribution in [-0.4, -0.2) is 23.8 Å². The fourth-order valence-corrected chi connectivity index (χ4v) is 5.53. The number of fused-ring (bicyclic) bond motifs is 1. The van der Waals surface area contributed by atoms with Gasteiger partial charge in [0.2, 0.25) is 6.79 Å². The van der Waals surface area contributed by atoms with Gasteiger partial charge in [-0.1, -0.05) is 78.9 Å². The molecule has 0 amide bonds. The van der Waals surface area contributed by atoms with Crippen molar-refractivity contribution in [2.75, 3.05) is 6.79 Å². The number of carbonyl (C=O) groups excluding carboxylic acids is 1. The van der Waals surface area contributed by atoms with Crippen molar-refractivity contribution in [2.45, 2.75) is 11.8 Å². The number of hydrogen-bond donors (Lipinski definition) is 1. The molecule has 6 rings (SSSR count). The van der Waals surface area contributed by atoms with Gasteiger partial charge in [0.15, 0.2) is 11.5 Å². The Morgan fingerprint density at radius 3 is 1.95 bits per heavy atom. The van der Waals surface area contributed by atoms with Gasteiger partial charge in [-0.15, -0.1) is 0 Å². The molecule has 1 heterocycles. The molecule has 1 aliphatic heterocycles. The highest BCUT2D eigenvalue weighted by atomic mass is 16.7. The summed E-state index contributed by atoms with van der Waals surface area (Å²) in [7, 11) is 0. The summed E-state index contributed by atoms with van der Waals surface area (Å²) in [5.41, 5.74) is 3.40. The van der Waals surface area contributed by atoms with Gasteiger partial charge in [-0.2, -0.15) is 0 Å². The van der Waals surface area contributed by atoms with Crippen LogP contribution >= 0.6 is 0 Å². The third-order valence-corrected chi connectivity index (χ3v) is 7.23. The molecule has 1 N–H and O–H groups in total. The van der Waals surface area contributed by atoms with Crippen LogP contribution in [0.5, 0.6) is 17.2 Å². The van der Waals surface area contributed by atoms with Gasteiger partial charge in [0.25, 0.3) is 0 Å². The zero-order valence-corrected chi connectivity index (χ0v) is 19.8. The molecule has 1 fully saturated rings. The first kappa shape index (κ1) is 22.9. The number of carboxylic acids is 1. The molecule has 0 aromatic heterocycles. The topological polar surface area (TPSA) is 82.1 Å². The molecule has 184 valence electrons. The van der Waals surface area contributed by atoms with Crippen LogP contribution in [0.15, 0.2) is 103 Å². The fraction of sp³-hybridized carbons (Fsp3) is 0.161. The molecule has 2 aliphatic rings. The fourth-order valence-electron chi connectivity index (χ4n) is 5.53. The molecule has 0 unspecified atom stereocenters. The van der Waals surface area contributed by atoms with E-state index in [4.69, 9.17) is 14.2 Å². The molecule has 6 nitrogen and oxygen atoms in total. The summed E-state index contributed by atoms with van der Waals surface area (Å²) in [4.78, 5) is 26.1. The maximum Gasteiger partial charge on any atom is 0.315 e. The van der Waals surface area contributed by atoms with Crippen LogP contribution in [0.2, 0.25) is 0 Å². The zero-order valence-electron chi connectivity index (χ0n) is 19.8. The van der Waals surface area contributed by atoms with Crippen molar-refractivity contribution in [3.63, 3.8) is 0 Å². The lowest BCUT2D eigenvalue weighted by Crippen LogP contribution is -2.52. The first-order valence-corrected chi connectivity index (χ1v) is 12.1. The van der Waals surface area contributed by atoms with E-state index >= 15 is 0 Å². The van der Waals surface area contributed by atoms with Crippen LogP contribution in [0.3, 0.4) is 0 Å². The van der Waals surface area contributed by atoms with Crippen molar-refractivity contribution in [1.29, 1.82) is 0 Å². The number of carboxylic acid groups (broad SMARTS) is 1. The molecule has 0 bridgehead atoms. The second-order valence-electron chi connectivity index (χ2n) is 9.28. The average Bonchev–Trinajstić information content (AvgIpc) is 3.37. The van der Waals surface area contributed by atoms with Gasteiger partial charge in [-0.05, 0) is 46.5 Å².